The third-order valence-electron chi connectivity index (χ3n) is 4.18. The van der Waals surface area contributed by atoms with E-state index in [1.54, 1.807) is 18.2 Å². The quantitative estimate of drug-likeness (QED) is 0.782. The number of carbonyl (C=O) groups is 1. The van der Waals surface area contributed by atoms with Crippen LogP contribution in [0.15, 0.2) is 36.4 Å². The molecule has 0 atom stereocenters. The number of anilines is 1. The fourth-order valence-electron chi connectivity index (χ4n) is 2.80. The number of nitrogens with zero attached hydrogens (tertiary/aromatic N) is 1. The van der Waals surface area contributed by atoms with Crippen molar-refractivity contribution >= 4 is 46.6 Å². The number of rotatable bonds is 4. The van der Waals surface area contributed by atoms with E-state index in [4.69, 9.17) is 23.2 Å². The first-order valence-corrected chi connectivity index (χ1v) is 10.1. The molecule has 1 heterocycles. The lowest BCUT2D eigenvalue weighted by atomic mass is 10.1. The molecule has 132 valence electrons. The Morgan fingerprint density at radius 3 is 2.48 bits per heavy atom. The van der Waals surface area contributed by atoms with Crippen LogP contribution in [0.1, 0.15) is 21.5 Å². The highest BCUT2D eigenvalue weighted by atomic mass is 35.5. The summed E-state index contributed by atoms with van der Waals surface area (Å²) in [7, 11) is 0. The van der Waals surface area contributed by atoms with Crippen molar-refractivity contribution in [2.75, 3.05) is 29.9 Å². The van der Waals surface area contributed by atoms with Crippen molar-refractivity contribution < 1.29 is 4.79 Å². The number of nitrogens with one attached hydrogen (secondary N) is 1. The van der Waals surface area contributed by atoms with E-state index >= 15 is 0 Å². The molecular formula is C19H20Cl2N2OS. The van der Waals surface area contributed by atoms with Crippen LogP contribution < -0.4 is 5.32 Å². The standard InChI is InChI=1S/C19H20Cl2N2OS/c1-13-2-3-14(12-23-4-6-25-7-5-23)8-18(13)22-19(24)15-9-16(20)11-17(21)10-15/h2-3,8-11H,4-7,12H2,1H3,(H,22,24). The normalized spacial score (nSPS) is 15.2. The van der Waals surface area contributed by atoms with Crippen LogP contribution in [0.4, 0.5) is 5.69 Å². The summed E-state index contributed by atoms with van der Waals surface area (Å²) in [6.45, 7) is 5.12. The van der Waals surface area contributed by atoms with Gasteiger partial charge < -0.3 is 5.32 Å². The number of hydrogen-bond donors (Lipinski definition) is 1. The number of carbonyl (C=O) groups excluding carboxylic acids is 1. The SMILES string of the molecule is Cc1ccc(CN2CCSCC2)cc1NC(=O)c1cc(Cl)cc(Cl)c1. The molecule has 25 heavy (non-hydrogen) atoms. The minimum absolute atomic E-state index is 0.209. The van der Waals surface area contributed by atoms with Crippen LogP contribution in [0, 0.1) is 6.92 Å². The van der Waals surface area contributed by atoms with Crippen molar-refractivity contribution in [3.8, 4) is 0 Å². The zero-order valence-corrected chi connectivity index (χ0v) is 16.3. The molecule has 6 heteroatoms. The zero-order chi connectivity index (χ0) is 17.8. The molecule has 0 unspecified atom stereocenters. The Kier molecular flexibility index (Phi) is 6.29. The van der Waals surface area contributed by atoms with E-state index in [2.05, 4.69) is 28.4 Å². The number of thioether (sulfide) groups is 1. The summed E-state index contributed by atoms with van der Waals surface area (Å²) >= 11 is 14.0. The van der Waals surface area contributed by atoms with Crippen molar-refractivity contribution in [1.29, 1.82) is 0 Å². The summed E-state index contributed by atoms with van der Waals surface area (Å²) in [5, 5.41) is 3.88. The first-order chi connectivity index (χ1) is 12.0. The molecule has 0 aliphatic carbocycles. The second kappa shape index (κ2) is 8.45. The Labute approximate surface area is 162 Å². The predicted octanol–water partition coefficient (Wildman–Crippen LogP) is 5.10. The molecule has 1 aliphatic rings. The molecule has 1 amide bonds. The third kappa shape index (κ3) is 5.14. The van der Waals surface area contributed by atoms with Crippen molar-refractivity contribution in [1.82, 2.24) is 4.90 Å². The number of hydrogen-bond acceptors (Lipinski definition) is 3. The van der Waals surface area contributed by atoms with E-state index in [-0.39, 0.29) is 5.91 Å². The van der Waals surface area contributed by atoms with Gasteiger partial charge in [0.25, 0.3) is 5.91 Å². The summed E-state index contributed by atoms with van der Waals surface area (Å²) in [5.74, 6) is 2.16. The molecule has 1 aliphatic heterocycles. The van der Waals surface area contributed by atoms with E-state index in [0.29, 0.717) is 15.6 Å². The van der Waals surface area contributed by atoms with Crippen LogP contribution in [-0.2, 0) is 6.54 Å². The molecular weight excluding hydrogens is 375 g/mol. The maximum Gasteiger partial charge on any atom is 0.255 e. The summed E-state index contributed by atoms with van der Waals surface area (Å²) in [4.78, 5) is 15.0. The number of benzene rings is 2. The van der Waals surface area contributed by atoms with Crippen LogP contribution in [0.25, 0.3) is 0 Å². The Balaban J connectivity index is 1.74. The molecule has 1 fully saturated rings. The highest BCUT2D eigenvalue weighted by Crippen LogP contribution is 2.23. The highest BCUT2D eigenvalue weighted by molar-refractivity contribution is 7.99. The number of halogens is 2. The van der Waals surface area contributed by atoms with Crippen LogP contribution in [0.5, 0.6) is 0 Å². The Morgan fingerprint density at radius 2 is 1.80 bits per heavy atom. The Bertz CT molecular complexity index is 756. The molecule has 0 bridgehead atoms. The maximum absolute atomic E-state index is 12.5. The lowest BCUT2D eigenvalue weighted by Crippen LogP contribution is -2.32. The molecule has 0 saturated carbocycles. The number of amides is 1. The smallest absolute Gasteiger partial charge is 0.255 e. The second-order valence-corrected chi connectivity index (χ2v) is 8.25. The van der Waals surface area contributed by atoms with Crippen molar-refractivity contribution in [2.45, 2.75) is 13.5 Å². The largest absolute Gasteiger partial charge is 0.322 e. The summed E-state index contributed by atoms with van der Waals surface area (Å²) in [6.07, 6.45) is 0. The first-order valence-electron chi connectivity index (χ1n) is 8.18. The first kappa shape index (κ1) is 18.6. The second-order valence-electron chi connectivity index (χ2n) is 6.15. The minimum Gasteiger partial charge on any atom is -0.322 e. The fourth-order valence-corrected chi connectivity index (χ4v) is 4.30. The highest BCUT2D eigenvalue weighted by Gasteiger charge is 2.13. The average molecular weight is 395 g/mol. The van der Waals surface area contributed by atoms with Gasteiger partial charge in [0.2, 0.25) is 0 Å². The van der Waals surface area contributed by atoms with Gasteiger partial charge in [0, 0.05) is 52.4 Å². The maximum atomic E-state index is 12.5. The van der Waals surface area contributed by atoms with Crippen LogP contribution >= 0.6 is 35.0 Å². The molecule has 0 aromatic heterocycles. The molecule has 2 aromatic carbocycles. The van der Waals surface area contributed by atoms with Gasteiger partial charge in [-0.25, -0.2) is 0 Å². The molecule has 3 nitrogen and oxygen atoms in total. The molecule has 3 rings (SSSR count). The van der Waals surface area contributed by atoms with E-state index < -0.39 is 0 Å². The predicted molar refractivity (Wildman–Crippen MR) is 108 cm³/mol. The molecule has 1 saturated heterocycles. The van der Waals surface area contributed by atoms with Crippen LogP contribution in [0.2, 0.25) is 10.0 Å². The van der Waals surface area contributed by atoms with Crippen molar-refractivity contribution in [2.24, 2.45) is 0 Å². The molecule has 2 aromatic rings. The van der Waals surface area contributed by atoms with Crippen LogP contribution in [0.3, 0.4) is 0 Å². The van der Waals surface area contributed by atoms with Gasteiger partial charge >= 0.3 is 0 Å². The van der Waals surface area contributed by atoms with Gasteiger partial charge in [-0.05, 0) is 42.3 Å². The van der Waals surface area contributed by atoms with Crippen LogP contribution in [-0.4, -0.2) is 35.4 Å². The lowest BCUT2D eigenvalue weighted by Gasteiger charge is -2.26. The van der Waals surface area contributed by atoms with E-state index in [9.17, 15) is 4.79 Å². The summed E-state index contributed by atoms with van der Waals surface area (Å²) in [5.41, 5.74) is 3.51. The van der Waals surface area contributed by atoms with Gasteiger partial charge in [0.15, 0.2) is 0 Å². The van der Waals surface area contributed by atoms with Gasteiger partial charge in [-0.2, -0.15) is 11.8 Å². The minimum atomic E-state index is -0.209. The van der Waals surface area contributed by atoms with Crippen molar-refractivity contribution in [3.05, 3.63) is 63.1 Å². The zero-order valence-electron chi connectivity index (χ0n) is 14.0. The van der Waals surface area contributed by atoms with E-state index in [1.807, 2.05) is 18.7 Å². The topological polar surface area (TPSA) is 32.3 Å². The molecule has 0 spiro atoms. The van der Waals surface area contributed by atoms with Gasteiger partial charge in [0.1, 0.15) is 0 Å². The monoisotopic (exact) mass is 394 g/mol. The fraction of sp³-hybridized carbons (Fsp3) is 0.316. The lowest BCUT2D eigenvalue weighted by molar-refractivity contribution is 0.102. The van der Waals surface area contributed by atoms with Gasteiger partial charge in [-0.3, -0.25) is 9.69 Å². The molecule has 0 radical (unpaired) electrons. The summed E-state index contributed by atoms with van der Waals surface area (Å²) < 4.78 is 0. The average Bonchev–Trinajstić information content (AvgIpc) is 2.58. The number of aryl methyl sites for hydroxylation is 1. The van der Waals surface area contributed by atoms with E-state index in [1.165, 1.54) is 17.1 Å². The summed E-state index contributed by atoms with van der Waals surface area (Å²) in [6, 6.07) is 11.1. The Morgan fingerprint density at radius 1 is 1.12 bits per heavy atom. The third-order valence-corrected chi connectivity index (χ3v) is 5.56. The van der Waals surface area contributed by atoms with Gasteiger partial charge in [0.05, 0.1) is 0 Å². The van der Waals surface area contributed by atoms with E-state index in [0.717, 1.165) is 30.9 Å². The van der Waals surface area contributed by atoms with Gasteiger partial charge in [-0.15, -0.1) is 0 Å². The van der Waals surface area contributed by atoms with Crippen molar-refractivity contribution in [3.63, 3.8) is 0 Å². The van der Waals surface area contributed by atoms with Gasteiger partial charge in [-0.1, -0.05) is 35.3 Å². The molecule has 1 N–H and O–H groups in total. The Hall–Kier alpha value is -1.20.